The van der Waals surface area contributed by atoms with Crippen molar-refractivity contribution in [2.24, 2.45) is 5.92 Å². The highest BCUT2D eigenvalue weighted by atomic mass is 35.5. The molecule has 1 aromatic carbocycles. The summed E-state index contributed by atoms with van der Waals surface area (Å²) in [5.41, 5.74) is 0.0316. The largest absolute Gasteiger partial charge is 0.391 e. The Morgan fingerprint density at radius 1 is 1.48 bits per heavy atom. The number of halogens is 1. The van der Waals surface area contributed by atoms with Gasteiger partial charge >= 0.3 is 0 Å². The van der Waals surface area contributed by atoms with Crippen molar-refractivity contribution in [2.45, 2.75) is 23.2 Å². The fourth-order valence-corrected chi connectivity index (χ4v) is 3.10. The highest BCUT2D eigenvalue weighted by Gasteiger charge is 2.26. The van der Waals surface area contributed by atoms with Crippen LogP contribution in [-0.2, 0) is 4.79 Å². The fraction of sp³-hybridized carbons (Fsp3) is 0.500. The van der Waals surface area contributed by atoms with E-state index in [9.17, 15) is 20.0 Å². The number of carbonyl (C=O) groups excluding carboxylic acids is 1. The quantitative estimate of drug-likeness (QED) is 0.399. The lowest BCUT2D eigenvalue weighted by Crippen LogP contribution is -2.38. The monoisotopic (exact) mass is 361 g/mol. The molecule has 0 spiro atoms. The number of nitrogens with one attached hydrogen (secondary N) is 2. The Morgan fingerprint density at radius 2 is 2.13 bits per heavy atom. The summed E-state index contributed by atoms with van der Waals surface area (Å²) < 4.78 is 0. The van der Waals surface area contributed by atoms with Crippen LogP contribution in [-0.4, -0.2) is 46.9 Å². The van der Waals surface area contributed by atoms with E-state index in [1.165, 1.54) is 23.9 Å². The number of amides is 1. The van der Waals surface area contributed by atoms with E-state index in [0.717, 1.165) is 4.90 Å². The fourth-order valence-electron chi connectivity index (χ4n) is 2.21. The van der Waals surface area contributed by atoms with E-state index in [1.54, 1.807) is 19.1 Å². The molecule has 1 saturated heterocycles. The molecule has 23 heavy (non-hydrogen) atoms. The van der Waals surface area contributed by atoms with Gasteiger partial charge in [0, 0.05) is 42.6 Å². The molecule has 3 N–H and O–H groups in total. The summed E-state index contributed by atoms with van der Waals surface area (Å²) in [7, 11) is 0. The second kappa shape index (κ2) is 9.07. The van der Waals surface area contributed by atoms with Gasteiger partial charge in [0.05, 0.1) is 16.3 Å². The first-order valence-electron chi connectivity index (χ1n) is 7.05. The lowest BCUT2D eigenvalue weighted by Gasteiger charge is -2.16. The number of aliphatic hydroxyl groups excluding tert-OH is 1. The first-order valence-corrected chi connectivity index (χ1v) is 7.93. The number of benzene rings is 1. The van der Waals surface area contributed by atoms with Gasteiger partial charge in [-0.05, 0) is 19.1 Å². The zero-order valence-corrected chi connectivity index (χ0v) is 14.2. The molecule has 0 radical (unpaired) electrons. The van der Waals surface area contributed by atoms with Crippen LogP contribution >= 0.6 is 24.2 Å². The first-order chi connectivity index (χ1) is 10.5. The van der Waals surface area contributed by atoms with Crippen molar-refractivity contribution < 1.29 is 14.8 Å². The van der Waals surface area contributed by atoms with Crippen molar-refractivity contribution in [3.63, 3.8) is 0 Å². The van der Waals surface area contributed by atoms with Crippen LogP contribution in [0.4, 0.5) is 5.69 Å². The number of non-ortho nitro benzene ring substituents is 1. The van der Waals surface area contributed by atoms with Crippen LogP contribution in [0, 0.1) is 16.0 Å². The molecule has 0 aliphatic carbocycles. The van der Waals surface area contributed by atoms with Gasteiger partial charge < -0.3 is 15.7 Å². The molecule has 3 atom stereocenters. The molecular formula is C14H20ClN3O4S. The highest BCUT2D eigenvalue weighted by molar-refractivity contribution is 8.00. The number of carbonyl (C=O) groups is 1. The topological polar surface area (TPSA) is 104 Å². The molecule has 9 heteroatoms. The van der Waals surface area contributed by atoms with Gasteiger partial charge in [0.1, 0.15) is 0 Å². The molecule has 7 nitrogen and oxygen atoms in total. The lowest BCUT2D eigenvalue weighted by atomic mass is 10.1. The molecule has 1 aliphatic heterocycles. The minimum Gasteiger partial charge on any atom is -0.391 e. The number of nitro groups is 1. The number of aliphatic hydroxyl groups is 1. The molecular weight excluding hydrogens is 342 g/mol. The third-order valence-corrected chi connectivity index (χ3v) is 4.68. The summed E-state index contributed by atoms with van der Waals surface area (Å²) in [5.74, 6) is -0.0667. The molecule has 1 fully saturated rings. The van der Waals surface area contributed by atoms with Gasteiger partial charge in [0.25, 0.3) is 5.69 Å². The zero-order valence-electron chi connectivity index (χ0n) is 12.6. The van der Waals surface area contributed by atoms with Crippen LogP contribution in [0.15, 0.2) is 29.2 Å². The van der Waals surface area contributed by atoms with Gasteiger partial charge in [-0.2, -0.15) is 0 Å². The Balaban J connectivity index is 0.00000264. The summed E-state index contributed by atoms with van der Waals surface area (Å²) in [6.07, 6.45) is -0.419. The second-order valence-electron chi connectivity index (χ2n) is 5.24. The van der Waals surface area contributed by atoms with E-state index in [4.69, 9.17) is 0 Å². The average molecular weight is 362 g/mol. The van der Waals surface area contributed by atoms with Crippen molar-refractivity contribution in [3.05, 3.63) is 34.4 Å². The van der Waals surface area contributed by atoms with Crippen molar-refractivity contribution in [2.75, 3.05) is 19.6 Å². The summed E-state index contributed by atoms with van der Waals surface area (Å²) in [6, 6.07) is 6.12. The summed E-state index contributed by atoms with van der Waals surface area (Å²) >= 11 is 1.34. The van der Waals surface area contributed by atoms with Gasteiger partial charge in [-0.1, -0.05) is 0 Å². The van der Waals surface area contributed by atoms with Crippen molar-refractivity contribution in [3.8, 4) is 0 Å². The average Bonchev–Trinajstić information content (AvgIpc) is 2.90. The maximum atomic E-state index is 12.0. The van der Waals surface area contributed by atoms with Crippen LogP contribution in [0.25, 0.3) is 0 Å². The van der Waals surface area contributed by atoms with E-state index in [2.05, 4.69) is 10.6 Å². The molecule has 128 valence electrons. The molecule has 1 aliphatic rings. The van der Waals surface area contributed by atoms with E-state index in [-0.39, 0.29) is 35.2 Å². The van der Waals surface area contributed by atoms with Gasteiger partial charge in [0.2, 0.25) is 5.91 Å². The molecule has 0 saturated carbocycles. The lowest BCUT2D eigenvalue weighted by molar-refractivity contribution is -0.384. The molecule has 2 rings (SSSR count). The number of thioether (sulfide) groups is 1. The third-order valence-electron chi connectivity index (χ3n) is 3.57. The SMILES string of the molecule is CC(Sc1ccc([N+](=O)[O-])cc1)C(=O)NCC1CNCC1O.Cl. The maximum absolute atomic E-state index is 12.0. The summed E-state index contributed by atoms with van der Waals surface area (Å²) in [5, 5.41) is 25.9. The number of nitrogens with zero attached hydrogens (tertiary/aromatic N) is 1. The van der Waals surface area contributed by atoms with E-state index in [1.807, 2.05) is 0 Å². The van der Waals surface area contributed by atoms with Crippen molar-refractivity contribution >= 4 is 35.8 Å². The summed E-state index contributed by atoms with van der Waals surface area (Å²) in [4.78, 5) is 23.0. The predicted octanol–water partition coefficient (Wildman–Crippen LogP) is 1.19. The Kier molecular flexibility index (Phi) is 7.77. The number of β-amino-alcohol motifs (C(OH)–C–C–N with tert-alkyl or cyclic N) is 1. The highest BCUT2D eigenvalue weighted by Crippen LogP contribution is 2.25. The number of hydrogen-bond acceptors (Lipinski definition) is 6. The Labute approximate surface area is 144 Å². The van der Waals surface area contributed by atoms with Crippen LogP contribution < -0.4 is 10.6 Å². The van der Waals surface area contributed by atoms with Gasteiger partial charge in [0.15, 0.2) is 0 Å². The van der Waals surface area contributed by atoms with Gasteiger partial charge in [-0.15, -0.1) is 24.2 Å². The normalized spacial score (nSPS) is 21.3. The predicted molar refractivity (Wildman–Crippen MR) is 91.0 cm³/mol. The minimum atomic E-state index is -0.453. The molecule has 0 bridgehead atoms. The molecule has 1 heterocycles. The van der Waals surface area contributed by atoms with Crippen molar-refractivity contribution in [1.82, 2.24) is 10.6 Å². The molecule has 1 amide bonds. The number of hydrogen-bond donors (Lipinski definition) is 3. The van der Waals surface area contributed by atoms with E-state index < -0.39 is 11.0 Å². The Morgan fingerprint density at radius 3 is 2.65 bits per heavy atom. The molecule has 1 aromatic rings. The maximum Gasteiger partial charge on any atom is 0.269 e. The molecule has 0 aromatic heterocycles. The first kappa shape index (κ1) is 19.7. The molecule has 3 unspecified atom stereocenters. The van der Waals surface area contributed by atoms with Gasteiger partial charge in [-0.3, -0.25) is 14.9 Å². The smallest absolute Gasteiger partial charge is 0.269 e. The van der Waals surface area contributed by atoms with Crippen LogP contribution in [0.3, 0.4) is 0 Å². The Hall–Kier alpha value is -1.35. The standard InChI is InChI=1S/C14H19N3O4S.ClH/c1-9(14(19)16-7-10-6-15-8-13(10)18)22-12-4-2-11(3-5-12)17(20)21;/h2-5,9-10,13,15,18H,6-8H2,1H3,(H,16,19);1H. The minimum absolute atomic E-state index is 0. The van der Waals surface area contributed by atoms with E-state index in [0.29, 0.717) is 19.6 Å². The third kappa shape index (κ3) is 5.65. The van der Waals surface area contributed by atoms with Crippen LogP contribution in [0.2, 0.25) is 0 Å². The van der Waals surface area contributed by atoms with Crippen molar-refractivity contribution in [1.29, 1.82) is 0 Å². The van der Waals surface area contributed by atoms with Gasteiger partial charge in [-0.25, -0.2) is 0 Å². The second-order valence-corrected chi connectivity index (χ2v) is 6.66. The Bertz CT molecular complexity index is 543. The van der Waals surface area contributed by atoms with Crippen LogP contribution in [0.1, 0.15) is 6.92 Å². The number of rotatable bonds is 6. The zero-order chi connectivity index (χ0) is 16.1. The number of nitro benzene ring substituents is 1. The van der Waals surface area contributed by atoms with Crippen LogP contribution in [0.5, 0.6) is 0 Å². The summed E-state index contributed by atoms with van der Waals surface area (Å²) in [6.45, 7) is 3.49. The van der Waals surface area contributed by atoms with E-state index >= 15 is 0 Å².